The molecule has 0 aliphatic rings. The molecule has 0 radical (unpaired) electrons. The van der Waals surface area contributed by atoms with E-state index in [-0.39, 0.29) is 0 Å². The number of para-hydroxylation sites is 2. The highest BCUT2D eigenvalue weighted by molar-refractivity contribution is 7.26. The summed E-state index contributed by atoms with van der Waals surface area (Å²) in [5.41, 5.74) is 5.53. The Bertz CT molecular complexity index is 2780. The van der Waals surface area contributed by atoms with Crippen LogP contribution < -0.4 is 0 Å². The van der Waals surface area contributed by atoms with Crippen molar-refractivity contribution in [2.75, 3.05) is 0 Å². The van der Waals surface area contributed by atoms with Crippen LogP contribution in [0, 0.1) is 0 Å². The van der Waals surface area contributed by atoms with Crippen LogP contribution in [-0.2, 0) is 0 Å². The Morgan fingerprint density at radius 3 is 2.09 bits per heavy atom. The minimum absolute atomic E-state index is 0.621. The van der Waals surface area contributed by atoms with Crippen LogP contribution in [-0.4, -0.2) is 19.9 Å². The third-order valence-corrected chi connectivity index (χ3v) is 10.9. The second-order valence-corrected chi connectivity index (χ2v) is 13.6. The standard InChI is InChI=1S/C40H22N4OS2/c1-2-10-23(11-3-1)37-42-38(44-39(43-37)29-15-8-13-26-25-12-4-7-18-32(25)47-36(26)29)28-14-9-19-33-35(28)27-21-20-24(22-34(27)46-33)40-41-30-16-5-6-17-31(30)45-40/h1-22H. The fourth-order valence-corrected chi connectivity index (χ4v) is 8.78. The lowest BCUT2D eigenvalue weighted by Gasteiger charge is -2.10. The van der Waals surface area contributed by atoms with Crippen molar-refractivity contribution in [2.24, 2.45) is 0 Å². The lowest BCUT2D eigenvalue weighted by atomic mass is 10.0. The molecule has 0 fully saturated rings. The Labute approximate surface area is 276 Å². The molecule has 0 bridgehead atoms. The molecule has 6 aromatic carbocycles. The molecule has 0 N–H and O–H groups in total. The first kappa shape index (κ1) is 26.5. The Hall–Kier alpha value is -5.76. The van der Waals surface area contributed by atoms with E-state index in [1.165, 1.54) is 24.9 Å². The Morgan fingerprint density at radius 1 is 0.447 bits per heavy atom. The first-order valence-corrected chi connectivity index (χ1v) is 16.9. The van der Waals surface area contributed by atoms with Crippen LogP contribution in [0.3, 0.4) is 0 Å². The van der Waals surface area contributed by atoms with Crippen LogP contribution in [0.5, 0.6) is 0 Å². The third-order valence-electron chi connectivity index (χ3n) is 8.59. The van der Waals surface area contributed by atoms with Gasteiger partial charge in [-0.05, 0) is 42.5 Å². The van der Waals surface area contributed by atoms with Gasteiger partial charge in [0.05, 0.1) is 0 Å². The first-order valence-electron chi connectivity index (χ1n) is 15.3. The molecular formula is C40H22N4OS2. The summed E-state index contributed by atoms with van der Waals surface area (Å²) in [5.74, 6) is 2.59. The third kappa shape index (κ3) is 4.28. The number of fused-ring (bicyclic) bond motifs is 7. The predicted octanol–water partition coefficient (Wildman–Crippen LogP) is 11.4. The van der Waals surface area contributed by atoms with Crippen molar-refractivity contribution < 1.29 is 4.42 Å². The highest BCUT2D eigenvalue weighted by atomic mass is 32.1. The summed E-state index contributed by atoms with van der Waals surface area (Å²) in [6, 6.07) is 45.8. The van der Waals surface area contributed by atoms with Gasteiger partial charge in [-0.15, -0.1) is 22.7 Å². The van der Waals surface area contributed by atoms with Gasteiger partial charge in [0.15, 0.2) is 23.1 Å². The van der Waals surface area contributed by atoms with Crippen LogP contribution in [0.4, 0.5) is 0 Å². The summed E-state index contributed by atoms with van der Waals surface area (Å²) in [6.45, 7) is 0. The molecular weight excluding hydrogens is 617 g/mol. The van der Waals surface area contributed by atoms with Crippen LogP contribution in [0.25, 0.3) is 97.1 Å². The van der Waals surface area contributed by atoms with Gasteiger partial charge in [0, 0.05) is 62.6 Å². The van der Waals surface area contributed by atoms with Crippen LogP contribution in [0.2, 0.25) is 0 Å². The molecule has 220 valence electrons. The topological polar surface area (TPSA) is 64.7 Å². The van der Waals surface area contributed by atoms with Crippen molar-refractivity contribution >= 4 is 74.1 Å². The second kappa shape index (κ2) is 10.4. The molecule has 0 spiro atoms. The van der Waals surface area contributed by atoms with E-state index in [2.05, 4.69) is 91.0 Å². The van der Waals surface area contributed by atoms with Gasteiger partial charge in [-0.25, -0.2) is 19.9 Å². The molecule has 0 unspecified atom stereocenters. The average molecular weight is 639 g/mol. The SMILES string of the molecule is c1ccc(-c2nc(-c3cccc4c3sc3ccccc34)nc(-c3cccc4sc5cc(-c6nc7ccccc7o6)ccc5c34)n2)cc1. The number of hydrogen-bond acceptors (Lipinski definition) is 7. The van der Waals surface area contributed by atoms with Gasteiger partial charge in [-0.2, -0.15) is 0 Å². The maximum absolute atomic E-state index is 6.10. The number of benzene rings is 6. The second-order valence-electron chi connectivity index (χ2n) is 11.4. The lowest BCUT2D eigenvalue weighted by Crippen LogP contribution is -2.00. The molecule has 4 aromatic heterocycles. The van der Waals surface area contributed by atoms with Crippen molar-refractivity contribution in [3.8, 4) is 45.6 Å². The molecule has 0 aliphatic heterocycles. The van der Waals surface area contributed by atoms with Gasteiger partial charge in [0.25, 0.3) is 0 Å². The van der Waals surface area contributed by atoms with Gasteiger partial charge < -0.3 is 4.42 Å². The van der Waals surface area contributed by atoms with E-state index in [4.69, 9.17) is 24.4 Å². The van der Waals surface area contributed by atoms with E-state index >= 15 is 0 Å². The zero-order valence-corrected chi connectivity index (χ0v) is 26.3. The van der Waals surface area contributed by atoms with E-state index < -0.39 is 0 Å². The van der Waals surface area contributed by atoms with Gasteiger partial charge in [-0.1, -0.05) is 91.0 Å². The molecule has 0 aliphatic carbocycles. The summed E-state index contributed by atoms with van der Waals surface area (Å²) >= 11 is 3.53. The maximum atomic E-state index is 6.10. The minimum Gasteiger partial charge on any atom is -0.436 e. The molecule has 5 nitrogen and oxygen atoms in total. The monoisotopic (exact) mass is 638 g/mol. The quantitative estimate of drug-likeness (QED) is 0.192. The smallest absolute Gasteiger partial charge is 0.227 e. The molecule has 0 amide bonds. The van der Waals surface area contributed by atoms with Crippen LogP contribution in [0.15, 0.2) is 138 Å². The van der Waals surface area contributed by atoms with Gasteiger partial charge in [-0.3, -0.25) is 0 Å². The van der Waals surface area contributed by atoms with E-state index in [1.54, 1.807) is 22.7 Å². The largest absolute Gasteiger partial charge is 0.436 e. The van der Waals surface area contributed by atoms with Gasteiger partial charge in [0.1, 0.15) is 5.52 Å². The van der Waals surface area contributed by atoms with Gasteiger partial charge >= 0.3 is 0 Å². The van der Waals surface area contributed by atoms with E-state index in [9.17, 15) is 0 Å². The molecule has 10 rings (SSSR count). The predicted molar refractivity (Wildman–Crippen MR) is 195 cm³/mol. The highest BCUT2D eigenvalue weighted by Gasteiger charge is 2.20. The lowest BCUT2D eigenvalue weighted by molar-refractivity contribution is 0.620. The number of aromatic nitrogens is 4. The number of thiophene rings is 2. The van der Waals surface area contributed by atoms with E-state index in [0.717, 1.165) is 48.8 Å². The van der Waals surface area contributed by atoms with Crippen molar-refractivity contribution in [1.82, 2.24) is 19.9 Å². The maximum Gasteiger partial charge on any atom is 0.227 e. The van der Waals surface area contributed by atoms with Crippen molar-refractivity contribution in [3.05, 3.63) is 133 Å². The zero-order chi connectivity index (χ0) is 30.9. The van der Waals surface area contributed by atoms with Gasteiger partial charge in [0.2, 0.25) is 5.89 Å². The molecule has 10 aromatic rings. The van der Waals surface area contributed by atoms with Crippen molar-refractivity contribution in [2.45, 2.75) is 0 Å². The fourth-order valence-electron chi connectivity index (χ4n) is 6.40. The average Bonchev–Trinajstić information content (AvgIpc) is 3.84. The van der Waals surface area contributed by atoms with Crippen LogP contribution >= 0.6 is 22.7 Å². The number of hydrogen-bond donors (Lipinski definition) is 0. The van der Waals surface area contributed by atoms with E-state index in [0.29, 0.717) is 23.4 Å². The molecule has 4 heterocycles. The highest BCUT2D eigenvalue weighted by Crippen LogP contribution is 2.43. The Morgan fingerprint density at radius 2 is 1.17 bits per heavy atom. The number of rotatable bonds is 4. The van der Waals surface area contributed by atoms with Crippen LogP contribution in [0.1, 0.15) is 0 Å². The Kier molecular flexibility index (Phi) is 5.85. The number of oxazole rings is 1. The number of nitrogens with zero attached hydrogens (tertiary/aromatic N) is 4. The summed E-state index contributed by atoms with van der Waals surface area (Å²) in [6.07, 6.45) is 0. The molecule has 0 saturated carbocycles. The molecule has 0 saturated heterocycles. The molecule has 47 heavy (non-hydrogen) atoms. The summed E-state index contributed by atoms with van der Waals surface area (Å²) < 4.78 is 10.8. The summed E-state index contributed by atoms with van der Waals surface area (Å²) in [5, 5.41) is 4.74. The Balaban J connectivity index is 1.19. The van der Waals surface area contributed by atoms with Crippen molar-refractivity contribution in [1.29, 1.82) is 0 Å². The normalized spacial score (nSPS) is 11.8. The molecule has 7 heteroatoms. The first-order chi connectivity index (χ1) is 23.3. The summed E-state index contributed by atoms with van der Waals surface area (Å²) in [7, 11) is 0. The van der Waals surface area contributed by atoms with Crippen molar-refractivity contribution in [3.63, 3.8) is 0 Å². The fraction of sp³-hybridized carbons (Fsp3) is 0. The molecule has 0 atom stereocenters. The minimum atomic E-state index is 0.621. The summed E-state index contributed by atoms with van der Waals surface area (Å²) in [4.78, 5) is 20.1. The zero-order valence-electron chi connectivity index (χ0n) is 24.7. The van der Waals surface area contributed by atoms with E-state index in [1.807, 2.05) is 42.5 Å².